The minimum absolute atomic E-state index is 0.0705. The highest BCUT2D eigenvalue weighted by Crippen LogP contribution is 2.16. The topological polar surface area (TPSA) is 113 Å². The van der Waals surface area contributed by atoms with Crippen LogP contribution in [-0.4, -0.2) is 48.3 Å². The molecule has 0 aliphatic rings. The minimum atomic E-state index is -0.110. The first-order chi connectivity index (χ1) is 14.6. The number of aliphatic hydroxyl groups excluding tert-OH is 1. The number of hydrogen-bond donors (Lipinski definition) is 2. The Balaban J connectivity index is 1.57. The molecule has 30 heavy (non-hydrogen) atoms. The van der Waals surface area contributed by atoms with Gasteiger partial charge in [0, 0.05) is 25.3 Å². The number of para-hydroxylation sites is 1. The van der Waals surface area contributed by atoms with Gasteiger partial charge in [0.05, 0.1) is 18.3 Å². The summed E-state index contributed by atoms with van der Waals surface area (Å²) in [6.07, 6.45) is 2.20. The zero-order valence-electron chi connectivity index (χ0n) is 16.8. The van der Waals surface area contributed by atoms with Crippen LogP contribution in [0.3, 0.4) is 0 Å². The van der Waals surface area contributed by atoms with E-state index in [1.54, 1.807) is 10.9 Å². The molecule has 3 heterocycles. The third kappa shape index (κ3) is 4.47. The summed E-state index contributed by atoms with van der Waals surface area (Å²) in [5.74, 6) is 1.42. The van der Waals surface area contributed by atoms with Gasteiger partial charge < -0.3 is 14.5 Å². The van der Waals surface area contributed by atoms with Crippen LogP contribution in [0.25, 0.3) is 10.9 Å². The smallest absolute Gasteiger partial charge is 0.252 e. The number of tetrazole rings is 1. The van der Waals surface area contributed by atoms with Crippen molar-refractivity contribution in [3.8, 4) is 0 Å². The zero-order valence-corrected chi connectivity index (χ0v) is 16.8. The number of aromatic nitrogens is 5. The van der Waals surface area contributed by atoms with Crippen LogP contribution in [0.4, 0.5) is 0 Å². The van der Waals surface area contributed by atoms with Crippen LogP contribution in [0.15, 0.2) is 51.9 Å². The molecular formula is C21H24N6O3. The maximum absolute atomic E-state index is 12.7. The molecule has 3 aromatic heterocycles. The molecule has 9 heteroatoms. The molecule has 0 spiro atoms. The molecule has 0 amide bonds. The Hall–Kier alpha value is -3.30. The first-order valence-corrected chi connectivity index (χ1v) is 9.86. The van der Waals surface area contributed by atoms with Crippen molar-refractivity contribution in [2.24, 2.45) is 0 Å². The Labute approximate surface area is 172 Å². The second-order valence-electron chi connectivity index (χ2n) is 7.28. The van der Waals surface area contributed by atoms with Crippen LogP contribution in [0.2, 0.25) is 0 Å². The summed E-state index contributed by atoms with van der Waals surface area (Å²) in [4.78, 5) is 17.7. The molecule has 1 aromatic carbocycles. The number of fused-ring (bicyclic) bond motifs is 1. The molecule has 2 N–H and O–H groups in total. The van der Waals surface area contributed by atoms with E-state index in [0.717, 1.165) is 22.2 Å². The van der Waals surface area contributed by atoms with E-state index in [1.165, 1.54) is 0 Å². The van der Waals surface area contributed by atoms with Gasteiger partial charge in [0.1, 0.15) is 12.3 Å². The predicted molar refractivity (Wildman–Crippen MR) is 111 cm³/mol. The van der Waals surface area contributed by atoms with E-state index < -0.39 is 0 Å². The van der Waals surface area contributed by atoms with Crippen LogP contribution in [0.1, 0.15) is 29.1 Å². The zero-order chi connectivity index (χ0) is 20.9. The molecule has 4 aromatic rings. The molecule has 4 rings (SSSR count). The number of aliphatic hydroxyl groups is 1. The van der Waals surface area contributed by atoms with E-state index in [1.807, 2.05) is 43.3 Å². The average Bonchev–Trinajstić information content (AvgIpc) is 3.40. The average molecular weight is 408 g/mol. The molecule has 0 saturated heterocycles. The monoisotopic (exact) mass is 408 g/mol. The van der Waals surface area contributed by atoms with Gasteiger partial charge in [-0.2, -0.15) is 0 Å². The number of furan rings is 1. The van der Waals surface area contributed by atoms with Crippen molar-refractivity contribution in [3.05, 3.63) is 75.7 Å². The molecule has 0 radical (unpaired) electrons. The number of H-pyrrole nitrogens is 1. The fourth-order valence-electron chi connectivity index (χ4n) is 3.50. The van der Waals surface area contributed by atoms with Gasteiger partial charge in [-0.25, -0.2) is 4.68 Å². The highest BCUT2D eigenvalue weighted by Gasteiger charge is 2.16. The first-order valence-electron chi connectivity index (χ1n) is 9.86. The minimum Gasteiger partial charge on any atom is -0.467 e. The van der Waals surface area contributed by atoms with Gasteiger partial charge in [0.25, 0.3) is 5.56 Å². The van der Waals surface area contributed by atoms with Crippen molar-refractivity contribution in [1.29, 1.82) is 0 Å². The van der Waals surface area contributed by atoms with Crippen LogP contribution in [0.5, 0.6) is 0 Å². The lowest BCUT2D eigenvalue weighted by molar-refractivity contribution is 0.206. The molecule has 156 valence electrons. The number of aryl methyl sites for hydroxylation is 1. The van der Waals surface area contributed by atoms with Crippen molar-refractivity contribution >= 4 is 10.9 Å². The number of rotatable bonds is 9. The van der Waals surface area contributed by atoms with Crippen molar-refractivity contribution < 1.29 is 9.52 Å². The van der Waals surface area contributed by atoms with E-state index in [2.05, 4.69) is 25.4 Å². The number of nitrogens with one attached hydrogen (secondary N) is 1. The SMILES string of the molecule is Cc1cccc2cc(CN(CCCO)Cc3nnnn3Cc3ccco3)c(=O)[nH]c12. The molecule has 0 bridgehead atoms. The number of nitrogens with zero attached hydrogens (tertiary/aromatic N) is 5. The summed E-state index contributed by atoms with van der Waals surface area (Å²) in [5.41, 5.74) is 2.44. The Kier molecular flexibility index (Phi) is 6.01. The molecular weight excluding hydrogens is 384 g/mol. The second kappa shape index (κ2) is 9.02. The maximum Gasteiger partial charge on any atom is 0.252 e. The normalized spacial score (nSPS) is 11.6. The lowest BCUT2D eigenvalue weighted by Gasteiger charge is -2.21. The summed E-state index contributed by atoms with van der Waals surface area (Å²) >= 11 is 0. The summed E-state index contributed by atoms with van der Waals surface area (Å²) < 4.78 is 7.06. The lowest BCUT2D eigenvalue weighted by Crippen LogP contribution is -2.29. The van der Waals surface area contributed by atoms with E-state index in [4.69, 9.17) is 4.42 Å². The molecule has 0 fully saturated rings. The molecule has 0 aliphatic carbocycles. The van der Waals surface area contributed by atoms with E-state index in [0.29, 0.717) is 44.0 Å². The molecule has 0 unspecified atom stereocenters. The fraction of sp³-hybridized carbons (Fsp3) is 0.333. The van der Waals surface area contributed by atoms with E-state index in [-0.39, 0.29) is 12.2 Å². The Morgan fingerprint density at radius 2 is 2.13 bits per heavy atom. The van der Waals surface area contributed by atoms with Gasteiger partial charge >= 0.3 is 0 Å². The quantitative estimate of drug-likeness (QED) is 0.434. The molecule has 0 aliphatic heterocycles. The number of aromatic amines is 1. The first kappa shape index (κ1) is 20.0. The van der Waals surface area contributed by atoms with Crippen LogP contribution in [-0.2, 0) is 19.6 Å². The Morgan fingerprint density at radius 3 is 2.93 bits per heavy atom. The van der Waals surface area contributed by atoms with Crippen molar-refractivity contribution in [1.82, 2.24) is 30.1 Å². The Bertz CT molecular complexity index is 1170. The van der Waals surface area contributed by atoms with Gasteiger partial charge in [0.2, 0.25) is 0 Å². The highest BCUT2D eigenvalue weighted by molar-refractivity contribution is 5.81. The number of pyridine rings is 1. The molecule has 0 atom stereocenters. The third-order valence-corrected chi connectivity index (χ3v) is 5.05. The summed E-state index contributed by atoms with van der Waals surface area (Å²) in [7, 11) is 0. The van der Waals surface area contributed by atoms with Crippen LogP contribution < -0.4 is 5.56 Å². The van der Waals surface area contributed by atoms with E-state index >= 15 is 0 Å². The largest absolute Gasteiger partial charge is 0.467 e. The van der Waals surface area contributed by atoms with Gasteiger partial charge in [-0.05, 0) is 52.9 Å². The van der Waals surface area contributed by atoms with Gasteiger partial charge in [0.15, 0.2) is 5.82 Å². The van der Waals surface area contributed by atoms with Crippen LogP contribution in [0, 0.1) is 6.92 Å². The van der Waals surface area contributed by atoms with Crippen molar-refractivity contribution in [2.45, 2.75) is 33.0 Å². The molecule has 0 saturated carbocycles. The highest BCUT2D eigenvalue weighted by atomic mass is 16.3. The van der Waals surface area contributed by atoms with E-state index in [9.17, 15) is 9.90 Å². The molecule has 9 nitrogen and oxygen atoms in total. The second-order valence-corrected chi connectivity index (χ2v) is 7.28. The van der Waals surface area contributed by atoms with Crippen molar-refractivity contribution in [2.75, 3.05) is 13.2 Å². The van der Waals surface area contributed by atoms with Gasteiger partial charge in [-0.15, -0.1) is 5.10 Å². The fourth-order valence-corrected chi connectivity index (χ4v) is 3.50. The maximum atomic E-state index is 12.7. The van der Waals surface area contributed by atoms with Gasteiger partial charge in [-0.3, -0.25) is 9.69 Å². The summed E-state index contributed by atoms with van der Waals surface area (Å²) in [6.45, 7) is 3.95. The number of hydrogen-bond acceptors (Lipinski definition) is 7. The standard InChI is InChI=1S/C21H24N6O3/c1-15-5-2-6-16-11-17(21(29)22-20(15)16)12-26(8-4-9-28)14-19-23-24-25-27(19)13-18-7-3-10-30-18/h2-3,5-7,10-11,28H,4,8-9,12-14H2,1H3,(H,22,29). The summed E-state index contributed by atoms with van der Waals surface area (Å²) in [6, 6.07) is 11.6. The predicted octanol–water partition coefficient (Wildman–Crippen LogP) is 1.85. The van der Waals surface area contributed by atoms with Crippen LogP contribution >= 0.6 is 0 Å². The Morgan fingerprint density at radius 1 is 1.23 bits per heavy atom. The summed E-state index contributed by atoms with van der Waals surface area (Å²) in [5, 5.41) is 22.3. The van der Waals surface area contributed by atoms with Crippen molar-refractivity contribution in [3.63, 3.8) is 0 Å². The third-order valence-electron chi connectivity index (χ3n) is 5.05. The van der Waals surface area contributed by atoms with Gasteiger partial charge in [-0.1, -0.05) is 18.2 Å². The lowest BCUT2D eigenvalue weighted by atomic mass is 10.1. The number of benzene rings is 1.